The van der Waals surface area contributed by atoms with Crippen LogP contribution < -0.4 is 10.6 Å². The van der Waals surface area contributed by atoms with Gasteiger partial charge in [0.2, 0.25) is 11.8 Å². The van der Waals surface area contributed by atoms with Crippen LogP contribution >= 0.6 is 0 Å². The molecule has 6 heteroatoms. The Morgan fingerprint density at radius 2 is 1.41 bits per heavy atom. The maximum absolute atomic E-state index is 12.0. The van der Waals surface area contributed by atoms with Gasteiger partial charge in [-0.15, -0.1) is 0 Å². The Balaban J connectivity index is 1.67. The first kappa shape index (κ1) is 23.6. The maximum atomic E-state index is 12.0. The van der Waals surface area contributed by atoms with E-state index in [0.29, 0.717) is 24.2 Å². The molecular formula is C23H40N4O2. The molecule has 6 nitrogen and oxygen atoms in total. The van der Waals surface area contributed by atoms with Crippen molar-refractivity contribution in [2.45, 2.75) is 83.0 Å². The molecule has 0 radical (unpaired) electrons. The van der Waals surface area contributed by atoms with Crippen molar-refractivity contribution in [1.29, 1.82) is 0 Å². The number of rotatable bonds is 9. The van der Waals surface area contributed by atoms with Gasteiger partial charge in [0.05, 0.1) is 0 Å². The third-order valence-electron chi connectivity index (χ3n) is 6.21. The van der Waals surface area contributed by atoms with Crippen molar-refractivity contribution in [1.82, 2.24) is 20.4 Å². The molecule has 2 aliphatic heterocycles. The highest BCUT2D eigenvalue weighted by Gasteiger charge is 2.24. The fraction of sp³-hybridized carbons (Fsp3) is 0.739. The highest BCUT2D eigenvalue weighted by molar-refractivity contribution is 5.87. The van der Waals surface area contributed by atoms with Crippen LogP contribution in [0, 0.1) is 0 Å². The zero-order chi connectivity index (χ0) is 21.2. The minimum absolute atomic E-state index is 0.0447. The van der Waals surface area contributed by atoms with E-state index in [2.05, 4.69) is 37.6 Å². The highest BCUT2D eigenvalue weighted by Crippen LogP contribution is 2.15. The number of nitrogens with zero attached hydrogens (tertiary/aromatic N) is 2. The minimum Gasteiger partial charge on any atom is -0.339 e. The molecule has 2 N–H and O–H groups in total. The summed E-state index contributed by atoms with van der Waals surface area (Å²) in [7, 11) is 0. The molecule has 2 aliphatic rings. The molecule has 0 spiro atoms. The third kappa shape index (κ3) is 7.94. The summed E-state index contributed by atoms with van der Waals surface area (Å²) in [5.74, 6) is 0.0910. The predicted octanol–water partition coefficient (Wildman–Crippen LogP) is 2.47. The molecule has 0 aromatic rings. The number of amides is 2. The Hall–Kier alpha value is -1.66. The summed E-state index contributed by atoms with van der Waals surface area (Å²) in [5.41, 5.74) is 0. The Labute approximate surface area is 176 Å². The summed E-state index contributed by atoms with van der Waals surface area (Å²) in [6, 6.07) is 1.74. The van der Waals surface area contributed by atoms with Crippen molar-refractivity contribution >= 4 is 11.8 Å². The summed E-state index contributed by atoms with van der Waals surface area (Å²) < 4.78 is 0. The number of hydrogen-bond acceptors (Lipinski definition) is 4. The van der Waals surface area contributed by atoms with E-state index in [1.165, 1.54) is 12.2 Å². The highest BCUT2D eigenvalue weighted by atomic mass is 16.2. The average Bonchev–Trinajstić information content (AvgIpc) is 2.97. The lowest BCUT2D eigenvalue weighted by atomic mass is 10.0. The molecule has 0 bridgehead atoms. The number of hydrogen-bond donors (Lipinski definition) is 2. The van der Waals surface area contributed by atoms with Gasteiger partial charge in [-0.1, -0.05) is 19.6 Å². The van der Waals surface area contributed by atoms with E-state index in [4.69, 9.17) is 0 Å². The molecule has 0 saturated carbocycles. The fourth-order valence-corrected chi connectivity index (χ4v) is 4.47. The van der Waals surface area contributed by atoms with Crippen molar-refractivity contribution in [2.24, 2.45) is 0 Å². The van der Waals surface area contributed by atoms with E-state index < -0.39 is 0 Å². The molecule has 2 amide bonds. The summed E-state index contributed by atoms with van der Waals surface area (Å²) in [4.78, 5) is 27.5. The number of carbonyl (C=O) groups is 2. The van der Waals surface area contributed by atoms with E-state index in [0.717, 1.165) is 71.1 Å². The molecule has 2 rings (SSSR count). The molecule has 2 saturated heterocycles. The Morgan fingerprint density at radius 1 is 0.862 bits per heavy atom. The van der Waals surface area contributed by atoms with Gasteiger partial charge in [-0.3, -0.25) is 9.59 Å². The minimum atomic E-state index is 0.0447. The van der Waals surface area contributed by atoms with Crippen LogP contribution in [-0.2, 0) is 9.59 Å². The molecule has 3 unspecified atom stereocenters. The number of carbonyl (C=O) groups excluding carboxylic acids is 2. The Kier molecular flexibility index (Phi) is 9.88. The molecule has 0 aliphatic carbocycles. The van der Waals surface area contributed by atoms with Crippen molar-refractivity contribution in [3.05, 3.63) is 25.3 Å². The van der Waals surface area contributed by atoms with E-state index in [1.807, 2.05) is 9.80 Å². The van der Waals surface area contributed by atoms with Crippen LogP contribution in [-0.4, -0.2) is 72.0 Å². The van der Waals surface area contributed by atoms with Gasteiger partial charge in [-0.05, 0) is 64.5 Å². The van der Waals surface area contributed by atoms with E-state index in [9.17, 15) is 9.59 Å². The lowest BCUT2D eigenvalue weighted by Gasteiger charge is -2.33. The molecule has 0 aromatic heterocycles. The Morgan fingerprint density at radius 3 is 2.00 bits per heavy atom. The number of piperidine rings is 1. The van der Waals surface area contributed by atoms with Crippen LogP contribution in [0.2, 0.25) is 0 Å². The zero-order valence-electron chi connectivity index (χ0n) is 18.4. The largest absolute Gasteiger partial charge is 0.339 e. The number of nitrogens with one attached hydrogen (secondary N) is 2. The molecular weight excluding hydrogens is 364 g/mol. The lowest BCUT2D eigenvalue weighted by Crippen LogP contribution is -2.47. The zero-order valence-corrected chi connectivity index (χ0v) is 18.4. The topological polar surface area (TPSA) is 64.7 Å². The van der Waals surface area contributed by atoms with Gasteiger partial charge in [0.15, 0.2) is 0 Å². The van der Waals surface area contributed by atoms with Crippen molar-refractivity contribution < 1.29 is 9.59 Å². The SMILES string of the molecule is C=CC(=O)N1CCC(NC(C)CCC(C)NC2CCCCN(C(=O)C=C)C2)CC1. The van der Waals surface area contributed by atoms with Crippen molar-refractivity contribution in [2.75, 3.05) is 26.2 Å². The smallest absolute Gasteiger partial charge is 0.246 e. The van der Waals surface area contributed by atoms with Gasteiger partial charge in [0.1, 0.15) is 0 Å². The first-order valence-corrected chi connectivity index (χ1v) is 11.3. The third-order valence-corrected chi connectivity index (χ3v) is 6.21. The quantitative estimate of drug-likeness (QED) is 0.580. The normalized spacial score (nSPS) is 23.2. The van der Waals surface area contributed by atoms with Gasteiger partial charge < -0.3 is 20.4 Å². The second-order valence-electron chi connectivity index (χ2n) is 8.70. The van der Waals surface area contributed by atoms with E-state index in [-0.39, 0.29) is 11.8 Å². The summed E-state index contributed by atoms with van der Waals surface area (Å²) in [5, 5.41) is 7.48. The standard InChI is InChI=1S/C23H40N4O2/c1-5-22(28)26-15-12-20(13-16-26)24-18(3)10-11-19(4)25-21-9-7-8-14-27(17-21)23(29)6-2/h5-6,18-21,24-25H,1-2,7-17H2,3-4H3. The molecule has 2 fully saturated rings. The first-order chi connectivity index (χ1) is 13.9. The van der Waals surface area contributed by atoms with Crippen LogP contribution in [0.5, 0.6) is 0 Å². The van der Waals surface area contributed by atoms with Gasteiger partial charge >= 0.3 is 0 Å². The average molecular weight is 405 g/mol. The van der Waals surface area contributed by atoms with Gasteiger partial charge in [0, 0.05) is 50.3 Å². The predicted molar refractivity (Wildman–Crippen MR) is 119 cm³/mol. The molecule has 2 heterocycles. The Bertz CT molecular complexity index is 557. The lowest BCUT2D eigenvalue weighted by molar-refractivity contribution is -0.127. The van der Waals surface area contributed by atoms with Gasteiger partial charge in [0.25, 0.3) is 0 Å². The maximum Gasteiger partial charge on any atom is 0.246 e. The van der Waals surface area contributed by atoms with Gasteiger partial charge in [-0.25, -0.2) is 0 Å². The van der Waals surface area contributed by atoms with Crippen LogP contribution in [0.3, 0.4) is 0 Å². The van der Waals surface area contributed by atoms with E-state index >= 15 is 0 Å². The number of likely N-dealkylation sites (tertiary alicyclic amines) is 2. The van der Waals surface area contributed by atoms with Crippen LogP contribution in [0.1, 0.15) is 58.8 Å². The monoisotopic (exact) mass is 404 g/mol. The van der Waals surface area contributed by atoms with Crippen LogP contribution in [0.15, 0.2) is 25.3 Å². The summed E-state index contributed by atoms with van der Waals surface area (Å²) in [6.07, 6.45) is 10.4. The van der Waals surface area contributed by atoms with Crippen LogP contribution in [0.4, 0.5) is 0 Å². The van der Waals surface area contributed by atoms with Crippen LogP contribution in [0.25, 0.3) is 0 Å². The molecule has 164 valence electrons. The fourth-order valence-electron chi connectivity index (χ4n) is 4.47. The second-order valence-corrected chi connectivity index (χ2v) is 8.70. The van der Waals surface area contributed by atoms with Crippen molar-refractivity contribution in [3.8, 4) is 0 Å². The summed E-state index contributed by atoms with van der Waals surface area (Å²) in [6.45, 7) is 15.0. The second kappa shape index (κ2) is 12.1. The molecule has 0 aromatic carbocycles. The summed E-state index contributed by atoms with van der Waals surface area (Å²) >= 11 is 0. The molecule has 29 heavy (non-hydrogen) atoms. The van der Waals surface area contributed by atoms with Crippen molar-refractivity contribution in [3.63, 3.8) is 0 Å². The first-order valence-electron chi connectivity index (χ1n) is 11.3. The van der Waals surface area contributed by atoms with E-state index in [1.54, 1.807) is 0 Å². The van der Waals surface area contributed by atoms with Gasteiger partial charge in [-0.2, -0.15) is 0 Å². The molecule has 3 atom stereocenters.